The minimum absolute atomic E-state index is 0.0246. The summed E-state index contributed by atoms with van der Waals surface area (Å²) in [7, 11) is 0. The summed E-state index contributed by atoms with van der Waals surface area (Å²) in [4.78, 5) is 26.7. The summed E-state index contributed by atoms with van der Waals surface area (Å²) >= 11 is 12.2. The quantitative estimate of drug-likeness (QED) is 0.538. The molecule has 0 aliphatic carbocycles. The van der Waals surface area contributed by atoms with Crippen LogP contribution in [0.3, 0.4) is 0 Å². The van der Waals surface area contributed by atoms with Crippen molar-refractivity contribution < 1.29 is 9.59 Å². The third-order valence-electron chi connectivity index (χ3n) is 4.63. The van der Waals surface area contributed by atoms with Gasteiger partial charge in [-0.05, 0) is 31.1 Å². The molecule has 1 aliphatic rings. The molecule has 3 nitrogen and oxygen atoms in total. The van der Waals surface area contributed by atoms with Crippen LogP contribution in [0.25, 0.3) is 6.08 Å². The monoisotopic (exact) mass is 387 g/mol. The minimum Gasteiger partial charge on any atom is -0.339 e. The van der Waals surface area contributed by atoms with E-state index in [1.165, 1.54) is 6.08 Å². The lowest BCUT2D eigenvalue weighted by molar-refractivity contribution is -0.127. The molecule has 1 fully saturated rings. The van der Waals surface area contributed by atoms with Gasteiger partial charge >= 0.3 is 0 Å². The number of likely N-dealkylation sites (tertiary alicyclic amines) is 1. The van der Waals surface area contributed by atoms with Crippen molar-refractivity contribution in [3.05, 3.63) is 75.8 Å². The molecule has 1 aliphatic heterocycles. The largest absolute Gasteiger partial charge is 0.339 e. The van der Waals surface area contributed by atoms with Crippen molar-refractivity contribution in [3.63, 3.8) is 0 Å². The number of hydrogen-bond acceptors (Lipinski definition) is 2. The van der Waals surface area contributed by atoms with Crippen LogP contribution in [0.5, 0.6) is 0 Å². The maximum atomic E-state index is 12.5. The fraction of sp³-hybridized carbons (Fsp3) is 0.238. The van der Waals surface area contributed by atoms with Crippen molar-refractivity contribution in [3.8, 4) is 0 Å². The molecule has 0 N–H and O–H groups in total. The van der Waals surface area contributed by atoms with Crippen LogP contribution in [-0.2, 0) is 4.79 Å². The maximum Gasteiger partial charge on any atom is 0.246 e. The summed E-state index contributed by atoms with van der Waals surface area (Å²) in [5, 5.41) is 1.02. The highest BCUT2D eigenvalue weighted by Gasteiger charge is 2.27. The molecule has 5 heteroatoms. The Balaban J connectivity index is 1.59. The first-order valence-corrected chi connectivity index (χ1v) is 9.32. The molecule has 0 aromatic heterocycles. The smallest absolute Gasteiger partial charge is 0.246 e. The number of carbonyl (C=O) groups excluding carboxylic acids is 2. The van der Waals surface area contributed by atoms with Gasteiger partial charge in [0, 0.05) is 46.3 Å². The first-order chi connectivity index (χ1) is 12.6. The van der Waals surface area contributed by atoms with Gasteiger partial charge in [0.15, 0.2) is 5.78 Å². The Morgan fingerprint density at radius 2 is 1.54 bits per heavy atom. The number of carbonyl (C=O) groups is 2. The lowest BCUT2D eigenvalue weighted by Crippen LogP contribution is -2.39. The number of benzene rings is 2. The molecule has 1 amide bonds. The fourth-order valence-electron chi connectivity index (χ4n) is 3.13. The third kappa shape index (κ3) is 4.35. The first-order valence-electron chi connectivity index (χ1n) is 8.56. The van der Waals surface area contributed by atoms with E-state index in [9.17, 15) is 9.59 Å². The molecular weight excluding hydrogens is 369 g/mol. The predicted octanol–water partition coefficient (Wildman–Crippen LogP) is 5.13. The van der Waals surface area contributed by atoms with Crippen LogP contribution in [0.2, 0.25) is 10.0 Å². The van der Waals surface area contributed by atoms with Gasteiger partial charge in [-0.15, -0.1) is 0 Å². The third-order valence-corrected chi connectivity index (χ3v) is 5.29. The van der Waals surface area contributed by atoms with Gasteiger partial charge in [0.05, 0.1) is 0 Å². The highest BCUT2D eigenvalue weighted by Crippen LogP contribution is 2.26. The predicted molar refractivity (Wildman–Crippen MR) is 106 cm³/mol. The molecule has 0 saturated carbocycles. The Morgan fingerprint density at radius 1 is 0.923 bits per heavy atom. The zero-order valence-corrected chi connectivity index (χ0v) is 15.7. The zero-order chi connectivity index (χ0) is 18.5. The van der Waals surface area contributed by atoms with Gasteiger partial charge in [-0.2, -0.15) is 0 Å². The average molecular weight is 388 g/mol. The summed E-state index contributed by atoms with van der Waals surface area (Å²) in [5.41, 5.74) is 1.38. The minimum atomic E-state index is -0.0911. The molecule has 2 aromatic carbocycles. The molecule has 0 bridgehead atoms. The van der Waals surface area contributed by atoms with Crippen LogP contribution in [0.4, 0.5) is 0 Å². The number of amides is 1. The van der Waals surface area contributed by atoms with E-state index in [2.05, 4.69) is 0 Å². The van der Waals surface area contributed by atoms with Gasteiger partial charge in [0.2, 0.25) is 5.91 Å². The molecule has 1 heterocycles. The number of piperidine rings is 1. The second-order valence-electron chi connectivity index (χ2n) is 6.30. The van der Waals surface area contributed by atoms with E-state index >= 15 is 0 Å². The van der Waals surface area contributed by atoms with Crippen LogP contribution in [0.15, 0.2) is 54.6 Å². The van der Waals surface area contributed by atoms with Gasteiger partial charge in [0.1, 0.15) is 0 Å². The van der Waals surface area contributed by atoms with E-state index in [1.807, 2.05) is 30.3 Å². The van der Waals surface area contributed by atoms with Crippen molar-refractivity contribution in [2.75, 3.05) is 13.1 Å². The molecule has 0 unspecified atom stereocenters. The normalized spacial score (nSPS) is 15.4. The topological polar surface area (TPSA) is 37.4 Å². The lowest BCUT2D eigenvalue weighted by Gasteiger charge is -2.30. The second-order valence-corrected chi connectivity index (χ2v) is 7.11. The maximum absolute atomic E-state index is 12.5. The van der Waals surface area contributed by atoms with Crippen molar-refractivity contribution in [2.24, 2.45) is 5.92 Å². The van der Waals surface area contributed by atoms with Crippen LogP contribution < -0.4 is 0 Å². The number of hydrogen-bond donors (Lipinski definition) is 0. The molecule has 2 aromatic rings. The fourth-order valence-corrected chi connectivity index (χ4v) is 3.65. The first kappa shape index (κ1) is 18.7. The van der Waals surface area contributed by atoms with Gasteiger partial charge < -0.3 is 4.90 Å². The molecule has 0 radical (unpaired) electrons. The van der Waals surface area contributed by atoms with E-state index < -0.39 is 0 Å². The Kier molecular flexibility index (Phi) is 6.12. The number of nitrogens with zero attached hydrogens (tertiary/aromatic N) is 1. The Morgan fingerprint density at radius 3 is 2.15 bits per heavy atom. The molecule has 0 atom stereocenters. The second kappa shape index (κ2) is 8.52. The average Bonchev–Trinajstić information content (AvgIpc) is 2.67. The molecule has 134 valence electrons. The van der Waals surface area contributed by atoms with Crippen LogP contribution in [-0.4, -0.2) is 29.7 Å². The summed E-state index contributed by atoms with van der Waals surface area (Å²) in [5.74, 6) is 0.0473. The van der Waals surface area contributed by atoms with Crippen molar-refractivity contribution in [2.45, 2.75) is 12.8 Å². The molecule has 1 saturated heterocycles. The van der Waals surface area contributed by atoms with Crippen molar-refractivity contribution in [1.29, 1.82) is 0 Å². The van der Waals surface area contributed by atoms with Crippen LogP contribution in [0, 0.1) is 5.92 Å². The van der Waals surface area contributed by atoms with E-state index in [-0.39, 0.29) is 17.6 Å². The highest BCUT2D eigenvalue weighted by atomic mass is 35.5. The van der Waals surface area contributed by atoms with Gasteiger partial charge in [-0.25, -0.2) is 0 Å². The Labute approximate surface area is 163 Å². The summed E-state index contributed by atoms with van der Waals surface area (Å²) in [6.45, 7) is 1.14. The van der Waals surface area contributed by atoms with E-state index in [1.54, 1.807) is 29.2 Å². The van der Waals surface area contributed by atoms with E-state index in [0.717, 1.165) is 5.56 Å². The number of halogens is 2. The summed E-state index contributed by atoms with van der Waals surface area (Å²) in [6.07, 6.45) is 4.50. The van der Waals surface area contributed by atoms with Gasteiger partial charge in [0.25, 0.3) is 0 Å². The molecule has 0 spiro atoms. The number of rotatable bonds is 4. The summed E-state index contributed by atoms with van der Waals surface area (Å²) < 4.78 is 0. The molecule has 3 rings (SSSR count). The van der Waals surface area contributed by atoms with Crippen LogP contribution in [0.1, 0.15) is 28.8 Å². The molecule has 26 heavy (non-hydrogen) atoms. The Hall–Kier alpha value is -2.10. The van der Waals surface area contributed by atoms with E-state index in [0.29, 0.717) is 41.5 Å². The van der Waals surface area contributed by atoms with E-state index in [4.69, 9.17) is 23.2 Å². The standard InChI is InChI=1S/C21H19Cl2NO2/c22-18-7-4-8-19(23)17(18)9-10-20(25)24-13-11-16(12-14-24)21(26)15-5-2-1-3-6-15/h1-10,16H,11-14H2/b10-9+. The SMILES string of the molecule is O=C(c1ccccc1)C1CCN(C(=O)/C=C/c2c(Cl)cccc2Cl)CC1. The zero-order valence-electron chi connectivity index (χ0n) is 14.2. The van der Waals surface area contributed by atoms with Crippen molar-refractivity contribution >= 4 is 41.0 Å². The lowest BCUT2D eigenvalue weighted by atomic mass is 9.89. The highest BCUT2D eigenvalue weighted by molar-refractivity contribution is 6.37. The van der Waals surface area contributed by atoms with Crippen molar-refractivity contribution in [1.82, 2.24) is 4.90 Å². The number of Topliss-reactive ketones (excluding diaryl/α,β-unsaturated/α-hetero) is 1. The summed E-state index contributed by atoms with van der Waals surface area (Å²) in [6, 6.07) is 14.6. The Bertz CT molecular complexity index is 805. The van der Waals surface area contributed by atoms with Gasteiger partial charge in [-0.3, -0.25) is 9.59 Å². The number of ketones is 1. The molecular formula is C21H19Cl2NO2. The van der Waals surface area contributed by atoms with Gasteiger partial charge in [-0.1, -0.05) is 59.6 Å². The van der Waals surface area contributed by atoms with Crippen LogP contribution >= 0.6 is 23.2 Å².